The predicted octanol–water partition coefficient (Wildman–Crippen LogP) is 12.7. The fraction of sp³-hybridized carbons (Fsp3) is 0.556. The Balaban J connectivity index is 0.000000267. The van der Waals surface area contributed by atoms with Crippen LogP contribution in [0.15, 0.2) is 65.8 Å². The summed E-state index contributed by atoms with van der Waals surface area (Å²) in [5.74, 6) is 5.36. The summed E-state index contributed by atoms with van der Waals surface area (Å²) in [4.78, 5) is 0. The van der Waals surface area contributed by atoms with Crippen LogP contribution < -0.4 is 0 Å². The standard InChI is InChI=1S/C20H28P2.C12H16P2.C4H6.HI.V/c1-11-15(5)21-9-19(11,7)13(3)17(21)18-14(4)20(8)10-22(18)16(6)12(20)2;1-7-5-13-11(9(7)3)12-10(4)8(2)6-14-12;1-3-4-2;;/h9-10H2,1-8H3;5-6H2,1-4H3;1-2H3;1H;. The largest absolute Gasteiger partial charge is 0.107 e. The number of halogens is 1. The molecule has 6 aliphatic heterocycles. The summed E-state index contributed by atoms with van der Waals surface area (Å²) in [5.41, 5.74) is 13.9. The van der Waals surface area contributed by atoms with Crippen molar-refractivity contribution < 1.29 is 18.6 Å². The van der Waals surface area contributed by atoms with Gasteiger partial charge in [-0.15, -0.1) is 35.8 Å². The van der Waals surface area contributed by atoms with E-state index in [0.29, 0.717) is 10.8 Å². The molecule has 4 atom stereocenters. The van der Waals surface area contributed by atoms with Gasteiger partial charge in [0, 0.05) is 52.3 Å². The van der Waals surface area contributed by atoms with Gasteiger partial charge in [-0.3, -0.25) is 0 Å². The normalized spacial score (nSPS) is 31.3. The topological polar surface area (TPSA) is 0 Å². The van der Waals surface area contributed by atoms with E-state index in [0.717, 1.165) is 0 Å². The zero-order chi connectivity index (χ0) is 29.9. The van der Waals surface area contributed by atoms with Crippen molar-refractivity contribution in [3.63, 3.8) is 0 Å². The van der Waals surface area contributed by atoms with Crippen LogP contribution in [0.3, 0.4) is 0 Å². The van der Waals surface area contributed by atoms with Crippen molar-refractivity contribution in [2.24, 2.45) is 10.8 Å². The molecule has 6 heterocycles. The Morgan fingerprint density at radius 3 is 1.10 bits per heavy atom. The number of allylic oxidation sites excluding steroid dienone is 12. The van der Waals surface area contributed by atoms with Crippen molar-refractivity contribution >= 4 is 66.8 Å². The van der Waals surface area contributed by atoms with Gasteiger partial charge in [-0.25, -0.2) is 0 Å². The van der Waals surface area contributed by atoms with Crippen LogP contribution in [0.1, 0.15) is 96.9 Å². The Morgan fingerprint density at radius 1 is 0.571 bits per heavy atom. The fourth-order valence-electron chi connectivity index (χ4n) is 6.92. The molecule has 227 valence electrons. The van der Waals surface area contributed by atoms with Gasteiger partial charge in [0.2, 0.25) is 0 Å². The third kappa shape index (κ3) is 6.14. The maximum atomic E-state index is 2.68. The van der Waals surface area contributed by atoms with Gasteiger partial charge in [0.15, 0.2) is 0 Å². The van der Waals surface area contributed by atoms with E-state index in [2.05, 4.69) is 94.9 Å². The molecule has 4 bridgehead atoms. The SMILES string of the molecule is CC#CC.CC1=C(C)C(C2=PCC(C)=C2C)=PC1.CC1=C(C)C2(C)CP1C(C1=C(C)C3(C)CP1C(C)=C3C)=C2C.I.[V]. The van der Waals surface area contributed by atoms with Crippen molar-refractivity contribution in [2.75, 3.05) is 24.6 Å². The molecule has 0 fully saturated rings. The van der Waals surface area contributed by atoms with Gasteiger partial charge in [-0.1, -0.05) is 63.7 Å². The fourth-order valence-corrected chi connectivity index (χ4v) is 18.0. The second kappa shape index (κ2) is 14.5. The summed E-state index contributed by atoms with van der Waals surface area (Å²) in [6.07, 6.45) is 5.32. The summed E-state index contributed by atoms with van der Waals surface area (Å²) >= 11 is 0. The first-order valence-electron chi connectivity index (χ1n) is 14.8. The molecule has 0 N–H and O–H groups in total. The summed E-state index contributed by atoms with van der Waals surface area (Å²) in [6, 6.07) is 0. The molecule has 6 heteroatoms. The molecule has 4 unspecified atom stereocenters. The Morgan fingerprint density at radius 2 is 0.881 bits per heavy atom. The van der Waals surface area contributed by atoms with Crippen LogP contribution in [0.2, 0.25) is 0 Å². The zero-order valence-corrected chi connectivity index (χ0v) is 35.8. The Bertz CT molecular complexity index is 1390. The minimum absolute atomic E-state index is 0. The molecule has 1 radical (unpaired) electrons. The first-order valence-corrected chi connectivity index (χ1v) is 20.0. The number of hydrogen-bond donors (Lipinski definition) is 0. The molecular formula is C36H51IP4V. The van der Waals surface area contributed by atoms with Crippen LogP contribution >= 0.6 is 56.2 Å². The quantitative estimate of drug-likeness (QED) is 0.149. The third-order valence-corrected chi connectivity index (χ3v) is 20.8. The van der Waals surface area contributed by atoms with Crippen molar-refractivity contribution in [3.05, 3.63) is 65.8 Å². The molecule has 6 aliphatic rings. The summed E-state index contributed by atoms with van der Waals surface area (Å²) in [7, 11) is 3.00. The average molecular weight is 786 g/mol. The second-order valence-electron chi connectivity index (χ2n) is 12.8. The molecule has 42 heavy (non-hydrogen) atoms. The Kier molecular flexibility index (Phi) is 13.4. The van der Waals surface area contributed by atoms with E-state index in [1.165, 1.54) is 41.1 Å². The molecule has 0 spiro atoms. The number of hydrogen-bond acceptors (Lipinski definition) is 0. The molecule has 0 aromatic rings. The van der Waals surface area contributed by atoms with Crippen LogP contribution in [-0.2, 0) is 18.6 Å². The second-order valence-corrected chi connectivity index (χ2v) is 19.6. The molecule has 0 amide bonds. The molecule has 0 aromatic carbocycles. The maximum absolute atomic E-state index is 2.68. The van der Waals surface area contributed by atoms with E-state index in [9.17, 15) is 0 Å². The first-order chi connectivity index (χ1) is 18.7. The van der Waals surface area contributed by atoms with E-state index < -0.39 is 0 Å². The molecule has 0 nitrogen and oxygen atoms in total. The Labute approximate surface area is 293 Å². The third-order valence-electron chi connectivity index (χ3n) is 11.0. The summed E-state index contributed by atoms with van der Waals surface area (Å²) in [6.45, 7) is 32.3. The molecule has 0 aliphatic carbocycles. The van der Waals surface area contributed by atoms with Crippen LogP contribution in [0, 0.1) is 22.7 Å². The van der Waals surface area contributed by atoms with Crippen molar-refractivity contribution in [1.82, 2.24) is 0 Å². The zero-order valence-electron chi connectivity index (χ0n) is 28.5. The number of rotatable bonds is 2. The minimum atomic E-state index is -0.0309. The predicted molar refractivity (Wildman–Crippen MR) is 207 cm³/mol. The van der Waals surface area contributed by atoms with Gasteiger partial charge in [0.25, 0.3) is 0 Å². The van der Waals surface area contributed by atoms with Crippen LogP contribution in [-0.4, -0.2) is 35.2 Å². The average Bonchev–Trinajstić information content (AvgIpc) is 3.70. The Hall–Kier alpha value is 0.514. The van der Waals surface area contributed by atoms with E-state index in [-0.39, 0.29) is 58.4 Å². The van der Waals surface area contributed by atoms with E-state index in [1.54, 1.807) is 65.8 Å². The van der Waals surface area contributed by atoms with E-state index in [4.69, 9.17) is 0 Å². The van der Waals surface area contributed by atoms with Gasteiger partial charge in [-0.05, 0) is 144 Å². The van der Waals surface area contributed by atoms with Crippen molar-refractivity contribution in [3.8, 4) is 11.8 Å². The van der Waals surface area contributed by atoms with Crippen molar-refractivity contribution in [2.45, 2.75) is 96.9 Å². The van der Waals surface area contributed by atoms with Gasteiger partial charge >= 0.3 is 0 Å². The van der Waals surface area contributed by atoms with Crippen LogP contribution in [0.4, 0.5) is 0 Å². The summed E-state index contributed by atoms with van der Waals surface area (Å²) < 4.78 is 0. The first kappa shape index (κ1) is 38.7. The van der Waals surface area contributed by atoms with E-state index in [1.807, 2.05) is 24.5 Å². The monoisotopic (exact) mass is 785 g/mol. The molecular weight excluding hydrogens is 734 g/mol. The van der Waals surface area contributed by atoms with Gasteiger partial charge < -0.3 is 0 Å². The van der Waals surface area contributed by atoms with Gasteiger partial charge in [0.05, 0.1) is 0 Å². The number of fused-ring (bicyclic) bond motifs is 4. The molecule has 0 saturated carbocycles. The van der Waals surface area contributed by atoms with Crippen LogP contribution in [0.25, 0.3) is 0 Å². The smallest absolute Gasteiger partial charge is 0.0148 e. The minimum Gasteiger partial charge on any atom is -0.107 e. The summed E-state index contributed by atoms with van der Waals surface area (Å²) in [5, 5.41) is 10.4. The molecule has 0 aromatic heterocycles. The van der Waals surface area contributed by atoms with Crippen molar-refractivity contribution in [1.29, 1.82) is 0 Å². The molecule has 0 saturated heterocycles. The molecule has 6 rings (SSSR count). The van der Waals surface area contributed by atoms with Gasteiger partial charge in [0.1, 0.15) is 0 Å². The maximum Gasteiger partial charge on any atom is 0.0148 e. The van der Waals surface area contributed by atoms with Gasteiger partial charge in [-0.2, -0.15) is 0 Å². The van der Waals surface area contributed by atoms with Crippen LogP contribution in [0.5, 0.6) is 0 Å². The van der Waals surface area contributed by atoms with E-state index >= 15 is 0 Å².